The summed E-state index contributed by atoms with van der Waals surface area (Å²) in [6.45, 7) is -0.00189. The zero-order valence-corrected chi connectivity index (χ0v) is 10.9. The third-order valence-corrected chi connectivity index (χ3v) is 3.98. The van der Waals surface area contributed by atoms with Gasteiger partial charge in [0, 0.05) is 13.0 Å². The molecule has 2 heterocycles. The molecule has 0 bridgehead atoms. The average Bonchev–Trinajstić information content (AvgIpc) is 3.02. The second-order valence-electron chi connectivity index (χ2n) is 4.36. The van der Waals surface area contributed by atoms with E-state index in [1.807, 2.05) is 11.6 Å². The van der Waals surface area contributed by atoms with Gasteiger partial charge in [0.25, 0.3) is 0 Å². The summed E-state index contributed by atoms with van der Waals surface area (Å²) in [5, 5.41) is 13.9. The molecule has 0 saturated heterocycles. The summed E-state index contributed by atoms with van der Waals surface area (Å²) in [6.07, 6.45) is 4.00. The van der Waals surface area contributed by atoms with Gasteiger partial charge in [-0.2, -0.15) is 4.98 Å². The van der Waals surface area contributed by atoms with Crippen LogP contribution in [-0.2, 0) is 19.4 Å². The lowest BCUT2D eigenvalue weighted by Gasteiger charge is -2.01. The van der Waals surface area contributed by atoms with E-state index < -0.39 is 0 Å². The monoisotopic (exact) mass is 266 g/mol. The van der Waals surface area contributed by atoms with Crippen LogP contribution in [0.2, 0.25) is 0 Å². The Labute approximate surface area is 108 Å². The molecule has 2 aromatic heterocycles. The highest BCUT2D eigenvalue weighted by Gasteiger charge is 2.29. The third-order valence-electron chi connectivity index (χ3n) is 2.94. The minimum Gasteiger partial charge on any atom is -0.390 e. The van der Waals surface area contributed by atoms with E-state index in [-0.39, 0.29) is 6.61 Å². The van der Waals surface area contributed by atoms with Gasteiger partial charge in [-0.05, 0) is 12.8 Å². The van der Waals surface area contributed by atoms with E-state index in [9.17, 15) is 0 Å². The van der Waals surface area contributed by atoms with Crippen molar-refractivity contribution < 1.29 is 9.63 Å². The molecule has 1 fully saturated rings. The first-order valence-electron chi connectivity index (χ1n) is 5.84. The molecule has 6 nitrogen and oxygen atoms in total. The van der Waals surface area contributed by atoms with E-state index in [1.165, 1.54) is 11.8 Å². The van der Waals surface area contributed by atoms with Gasteiger partial charge in [-0.15, -0.1) is 0 Å². The number of thioether (sulfide) groups is 1. The molecule has 0 amide bonds. The van der Waals surface area contributed by atoms with Crippen molar-refractivity contribution in [3.63, 3.8) is 0 Å². The first-order valence-corrected chi connectivity index (χ1v) is 6.83. The lowest BCUT2D eigenvalue weighted by atomic mass is 10.4. The molecule has 1 aliphatic carbocycles. The Morgan fingerprint density at radius 3 is 3.06 bits per heavy atom. The maximum atomic E-state index is 9.08. The zero-order chi connectivity index (χ0) is 12.5. The Kier molecular flexibility index (Phi) is 3.09. The van der Waals surface area contributed by atoms with Crippen molar-refractivity contribution in [1.82, 2.24) is 19.7 Å². The van der Waals surface area contributed by atoms with Crippen molar-refractivity contribution in [2.45, 2.75) is 36.3 Å². The number of rotatable bonds is 5. The van der Waals surface area contributed by atoms with Crippen molar-refractivity contribution in [1.29, 1.82) is 0 Å². The first-order chi connectivity index (χ1) is 8.78. The summed E-state index contributed by atoms with van der Waals surface area (Å²) in [6, 6.07) is 0. The number of imidazole rings is 1. The van der Waals surface area contributed by atoms with Crippen LogP contribution in [0.1, 0.15) is 36.2 Å². The second kappa shape index (κ2) is 4.74. The molecule has 0 radical (unpaired) electrons. The van der Waals surface area contributed by atoms with Gasteiger partial charge in [-0.1, -0.05) is 16.9 Å². The van der Waals surface area contributed by atoms with E-state index in [2.05, 4.69) is 15.1 Å². The molecule has 96 valence electrons. The van der Waals surface area contributed by atoms with E-state index in [0.717, 1.165) is 29.6 Å². The summed E-state index contributed by atoms with van der Waals surface area (Å²) in [7, 11) is 1.88. The van der Waals surface area contributed by atoms with Crippen LogP contribution in [-0.4, -0.2) is 24.8 Å². The van der Waals surface area contributed by atoms with Crippen molar-refractivity contribution in [2.24, 2.45) is 7.05 Å². The van der Waals surface area contributed by atoms with E-state index in [1.54, 1.807) is 6.20 Å². The lowest BCUT2D eigenvalue weighted by molar-refractivity contribution is 0.271. The van der Waals surface area contributed by atoms with Crippen LogP contribution in [0.5, 0.6) is 0 Å². The Morgan fingerprint density at radius 2 is 2.39 bits per heavy atom. The number of aliphatic hydroxyl groups excluding tert-OH is 1. The molecule has 0 unspecified atom stereocenters. The highest BCUT2D eigenvalue weighted by molar-refractivity contribution is 7.98. The van der Waals surface area contributed by atoms with Crippen LogP contribution in [0.15, 0.2) is 15.9 Å². The maximum absolute atomic E-state index is 9.08. The standard InChI is InChI=1S/C11H14N4O2S/c1-15-8(5-16)4-12-11(15)18-6-9-13-10(17-14-9)7-2-3-7/h4,7,16H,2-3,5-6H2,1H3. The normalized spacial score (nSPS) is 15.2. The molecule has 2 aromatic rings. The van der Waals surface area contributed by atoms with E-state index in [4.69, 9.17) is 9.63 Å². The Balaban J connectivity index is 1.63. The van der Waals surface area contributed by atoms with Gasteiger partial charge >= 0.3 is 0 Å². The van der Waals surface area contributed by atoms with Gasteiger partial charge < -0.3 is 14.2 Å². The van der Waals surface area contributed by atoms with Crippen molar-refractivity contribution >= 4 is 11.8 Å². The fraction of sp³-hybridized carbons (Fsp3) is 0.545. The number of aromatic nitrogens is 4. The van der Waals surface area contributed by atoms with Crippen LogP contribution >= 0.6 is 11.8 Å². The van der Waals surface area contributed by atoms with Gasteiger partial charge in [-0.25, -0.2) is 4.98 Å². The number of hydrogen-bond acceptors (Lipinski definition) is 6. The highest BCUT2D eigenvalue weighted by Crippen LogP contribution is 2.39. The molecule has 0 spiro atoms. The largest absolute Gasteiger partial charge is 0.390 e. The Hall–Kier alpha value is -1.34. The molecule has 0 atom stereocenters. The van der Waals surface area contributed by atoms with Gasteiger partial charge in [0.2, 0.25) is 5.89 Å². The SMILES string of the molecule is Cn1c(CO)cnc1SCc1noc(C2CC2)n1. The quantitative estimate of drug-likeness (QED) is 0.826. The topological polar surface area (TPSA) is 77.0 Å². The first kappa shape index (κ1) is 11.7. The maximum Gasteiger partial charge on any atom is 0.229 e. The summed E-state index contributed by atoms with van der Waals surface area (Å²) in [5.74, 6) is 2.59. The van der Waals surface area contributed by atoms with Crippen molar-refractivity contribution in [3.05, 3.63) is 23.6 Å². The van der Waals surface area contributed by atoms with E-state index in [0.29, 0.717) is 17.5 Å². The summed E-state index contributed by atoms with van der Waals surface area (Å²) < 4.78 is 7.06. The van der Waals surface area contributed by atoms with E-state index >= 15 is 0 Å². The number of nitrogens with zero attached hydrogens (tertiary/aromatic N) is 4. The van der Waals surface area contributed by atoms with Crippen LogP contribution in [0, 0.1) is 0 Å². The predicted molar refractivity (Wildman–Crippen MR) is 65.0 cm³/mol. The van der Waals surface area contributed by atoms with Crippen molar-refractivity contribution in [3.8, 4) is 0 Å². The molecule has 0 aromatic carbocycles. The highest BCUT2D eigenvalue weighted by atomic mass is 32.2. The van der Waals surface area contributed by atoms with Gasteiger partial charge in [0.15, 0.2) is 11.0 Å². The third kappa shape index (κ3) is 2.28. The van der Waals surface area contributed by atoms with Gasteiger partial charge in [0.05, 0.1) is 24.3 Å². The van der Waals surface area contributed by atoms with Gasteiger partial charge in [0.1, 0.15) is 0 Å². The molecule has 3 rings (SSSR count). The minimum absolute atomic E-state index is 0.00189. The number of hydrogen-bond donors (Lipinski definition) is 1. The van der Waals surface area contributed by atoms with Crippen molar-refractivity contribution in [2.75, 3.05) is 0 Å². The Bertz CT molecular complexity index is 547. The molecule has 7 heteroatoms. The molecule has 0 aliphatic heterocycles. The Morgan fingerprint density at radius 1 is 1.56 bits per heavy atom. The molecule has 1 saturated carbocycles. The second-order valence-corrected chi connectivity index (χ2v) is 5.30. The smallest absolute Gasteiger partial charge is 0.229 e. The molecular weight excluding hydrogens is 252 g/mol. The van der Waals surface area contributed by atoms with Crippen LogP contribution in [0.4, 0.5) is 0 Å². The summed E-state index contributed by atoms with van der Waals surface area (Å²) in [4.78, 5) is 8.59. The number of aliphatic hydroxyl groups is 1. The van der Waals surface area contributed by atoms with Gasteiger partial charge in [-0.3, -0.25) is 0 Å². The fourth-order valence-corrected chi connectivity index (χ4v) is 2.47. The van der Waals surface area contributed by atoms with Crippen LogP contribution in [0.3, 0.4) is 0 Å². The summed E-state index contributed by atoms with van der Waals surface area (Å²) in [5.41, 5.74) is 0.796. The average molecular weight is 266 g/mol. The predicted octanol–water partition coefficient (Wildman–Crippen LogP) is 1.47. The zero-order valence-electron chi connectivity index (χ0n) is 10.0. The lowest BCUT2D eigenvalue weighted by Crippen LogP contribution is -1.97. The molecule has 1 N–H and O–H groups in total. The van der Waals surface area contributed by atoms with Crippen LogP contribution in [0.25, 0.3) is 0 Å². The van der Waals surface area contributed by atoms with Crippen LogP contribution < -0.4 is 0 Å². The molecule has 1 aliphatic rings. The fourth-order valence-electron chi connectivity index (χ4n) is 1.66. The minimum atomic E-state index is -0.00189. The summed E-state index contributed by atoms with van der Waals surface area (Å²) >= 11 is 1.54. The molecular formula is C11H14N4O2S. The molecule has 18 heavy (non-hydrogen) atoms.